The molecule has 0 saturated carbocycles. The molecule has 0 radical (unpaired) electrons. The highest BCUT2D eigenvalue weighted by Crippen LogP contribution is 2.20. The Labute approximate surface area is 132 Å². The van der Waals surface area contributed by atoms with Gasteiger partial charge in [-0.15, -0.1) is 0 Å². The molecule has 2 aromatic rings. The molecule has 1 aliphatic rings. The minimum Gasteiger partial charge on any atom is -0.303 e. The van der Waals surface area contributed by atoms with Gasteiger partial charge in [-0.2, -0.15) is 0 Å². The van der Waals surface area contributed by atoms with Crippen LogP contribution in [0.2, 0.25) is 0 Å². The molecule has 1 heterocycles. The molecule has 2 heteroatoms. The Morgan fingerprint density at radius 1 is 0.818 bits per heavy atom. The maximum absolute atomic E-state index is 12.3. The minimum absolute atomic E-state index is 0.255. The van der Waals surface area contributed by atoms with Gasteiger partial charge in [0.05, 0.1) is 0 Å². The van der Waals surface area contributed by atoms with Gasteiger partial charge in [0.1, 0.15) is 0 Å². The quantitative estimate of drug-likeness (QED) is 0.761. The van der Waals surface area contributed by atoms with Gasteiger partial charge in [-0.1, -0.05) is 61.0 Å². The molecule has 2 nitrogen and oxygen atoms in total. The third-order valence-electron chi connectivity index (χ3n) is 4.42. The van der Waals surface area contributed by atoms with E-state index >= 15 is 0 Å². The summed E-state index contributed by atoms with van der Waals surface area (Å²) in [5.74, 6) is 0.255. The van der Waals surface area contributed by atoms with Gasteiger partial charge in [-0.3, -0.25) is 4.79 Å². The maximum Gasteiger partial charge on any atom is 0.164 e. The summed E-state index contributed by atoms with van der Waals surface area (Å²) in [7, 11) is 0. The number of piperidine rings is 1. The zero-order chi connectivity index (χ0) is 15.2. The number of hydrogen-bond acceptors (Lipinski definition) is 2. The fourth-order valence-electron chi connectivity index (χ4n) is 3.07. The van der Waals surface area contributed by atoms with E-state index in [1.807, 2.05) is 42.5 Å². The fourth-order valence-corrected chi connectivity index (χ4v) is 3.07. The van der Waals surface area contributed by atoms with E-state index in [1.54, 1.807) is 0 Å². The van der Waals surface area contributed by atoms with Gasteiger partial charge in [0.2, 0.25) is 0 Å². The second-order valence-corrected chi connectivity index (χ2v) is 6.02. The number of Topliss-reactive ketones (excluding diaryl/α,β-unsaturated/α-hetero) is 1. The number of ketones is 1. The first-order valence-corrected chi connectivity index (χ1v) is 8.24. The van der Waals surface area contributed by atoms with Crippen molar-refractivity contribution in [1.82, 2.24) is 4.90 Å². The molecular weight excluding hydrogens is 270 g/mol. The van der Waals surface area contributed by atoms with Gasteiger partial charge >= 0.3 is 0 Å². The third kappa shape index (κ3) is 3.83. The van der Waals surface area contributed by atoms with Crippen LogP contribution in [0, 0.1) is 0 Å². The topological polar surface area (TPSA) is 20.3 Å². The summed E-state index contributed by atoms with van der Waals surface area (Å²) in [5, 5.41) is 0. The second-order valence-electron chi connectivity index (χ2n) is 6.02. The average Bonchev–Trinajstić information content (AvgIpc) is 2.61. The van der Waals surface area contributed by atoms with Crippen molar-refractivity contribution in [2.45, 2.75) is 25.7 Å². The van der Waals surface area contributed by atoms with E-state index in [9.17, 15) is 4.79 Å². The Kier molecular flexibility index (Phi) is 5.02. The highest BCUT2D eigenvalue weighted by Gasteiger charge is 2.12. The van der Waals surface area contributed by atoms with Crippen LogP contribution in [0.15, 0.2) is 54.6 Å². The first-order chi connectivity index (χ1) is 10.8. The third-order valence-corrected chi connectivity index (χ3v) is 4.42. The zero-order valence-corrected chi connectivity index (χ0v) is 13.0. The molecule has 114 valence electrons. The van der Waals surface area contributed by atoms with E-state index in [0.29, 0.717) is 6.42 Å². The molecule has 0 N–H and O–H groups in total. The average molecular weight is 293 g/mol. The molecule has 22 heavy (non-hydrogen) atoms. The van der Waals surface area contributed by atoms with Crippen LogP contribution in [0.4, 0.5) is 0 Å². The van der Waals surface area contributed by atoms with Crippen LogP contribution in [-0.4, -0.2) is 30.3 Å². The standard InChI is InChI=1S/C20H23NO/c22-20(13-16-21-14-5-2-6-15-21)19-11-9-18(10-12-19)17-7-3-1-4-8-17/h1,3-4,7-12H,2,5-6,13-16H2. The van der Waals surface area contributed by atoms with Crippen molar-refractivity contribution in [2.24, 2.45) is 0 Å². The zero-order valence-electron chi connectivity index (χ0n) is 13.0. The Morgan fingerprint density at radius 3 is 2.14 bits per heavy atom. The molecule has 1 saturated heterocycles. The molecule has 3 rings (SSSR count). The van der Waals surface area contributed by atoms with E-state index < -0.39 is 0 Å². The molecule has 0 atom stereocenters. The number of carbonyl (C=O) groups excluding carboxylic acids is 1. The lowest BCUT2D eigenvalue weighted by Gasteiger charge is -2.25. The number of rotatable bonds is 5. The largest absolute Gasteiger partial charge is 0.303 e. The summed E-state index contributed by atoms with van der Waals surface area (Å²) in [5.41, 5.74) is 3.18. The van der Waals surface area contributed by atoms with Gasteiger partial charge < -0.3 is 4.90 Å². The number of carbonyl (C=O) groups is 1. The van der Waals surface area contributed by atoms with Crippen molar-refractivity contribution < 1.29 is 4.79 Å². The van der Waals surface area contributed by atoms with Gasteiger partial charge in [-0.05, 0) is 37.1 Å². The van der Waals surface area contributed by atoms with Crippen LogP contribution in [0.3, 0.4) is 0 Å². The van der Waals surface area contributed by atoms with Crippen molar-refractivity contribution in [3.8, 4) is 11.1 Å². The number of hydrogen-bond donors (Lipinski definition) is 0. The summed E-state index contributed by atoms with van der Waals surface area (Å²) in [6.07, 6.45) is 4.52. The van der Waals surface area contributed by atoms with Crippen molar-refractivity contribution >= 4 is 5.78 Å². The monoisotopic (exact) mass is 293 g/mol. The van der Waals surface area contributed by atoms with E-state index in [4.69, 9.17) is 0 Å². The lowest BCUT2D eigenvalue weighted by Crippen LogP contribution is -2.31. The van der Waals surface area contributed by atoms with Crippen LogP contribution < -0.4 is 0 Å². The molecule has 1 aliphatic heterocycles. The molecular formula is C20H23NO. The number of nitrogens with zero attached hydrogens (tertiary/aromatic N) is 1. The summed E-state index contributed by atoms with van der Waals surface area (Å²) >= 11 is 0. The predicted octanol–water partition coefficient (Wildman–Crippen LogP) is 4.41. The van der Waals surface area contributed by atoms with Gasteiger partial charge in [-0.25, -0.2) is 0 Å². The molecule has 0 spiro atoms. The van der Waals surface area contributed by atoms with Crippen molar-refractivity contribution in [3.05, 3.63) is 60.2 Å². The predicted molar refractivity (Wildman–Crippen MR) is 91.1 cm³/mol. The Hall–Kier alpha value is -1.93. The Morgan fingerprint density at radius 2 is 1.45 bits per heavy atom. The van der Waals surface area contributed by atoms with Gasteiger partial charge in [0.15, 0.2) is 5.78 Å². The highest BCUT2D eigenvalue weighted by molar-refractivity contribution is 5.96. The van der Waals surface area contributed by atoms with E-state index in [-0.39, 0.29) is 5.78 Å². The van der Waals surface area contributed by atoms with E-state index in [1.165, 1.54) is 24.8 Å². The lowest BCUT2D eigenvalue weighted by atomic mass is 10.0. The lowest BCUT2D eigenvalue weighted by molar-refractivity contribution is 0.0958. The van der Waals surface area contributed by atoms with Gasteiger partial charge in [0.25, 0.3) is 0 Å². The summed E-state index contributed by atoms with van der Waals surface area (Å²) < 4.78 is 0. The SMILES string of the molecule is O=C(CCN1CCCCC1)c1ccc(-c2ccccc2)cc1. The van der Waals surface area contributed by atoms with E-state index in [2.05, 4.69) is 17.0 Å². The molecule has 0 aromatic heterocycles. The molecule has 2 aromatic carbocycles. The summed E-state index contributed by atoms with van der Waals surface area (Å²) in [6.45, 7) is 3.21. The molecule has 0 aliphatic carbocycles. The van der Waals surface area contributed by atoms with Crippen molar-refractivity contribution in [2.75, 3.05) is 19.6 Å². The Bertz CT molecular complexity index is 597. The number of benzene rings is 2. The molecule has 0 amide bonds. The first-order valence-electron chi connectivity index (χ1n) is 8.24. The first kappa shape index (κ1) is 15.0. The molecule has 0 unspecified atom stereocenters. The maximum atomic E-state index is 12.3. The number of likely N-dealkylation sites (tertiary alicyclic amines) is 1. The van der Waals surface area contributed by atoms with Crippen LogP contribution in [-0.2, 0) is 0 Å². The van der Waals surface area contributed by atoms with Gasteiger partial charge in [0, 0.05) is 18.5 Å². The van der Waals surface area contributed by atoms with Crippen LogP contribution >= 0.6 is 0 Å². The van der Waals surface area contributed by atoms with Crippen molar-refractivity contribution in [3.63, 3.8) is 0 Å². The molecule has 1 fully saturated rings. The smallest absolute Gasteiger partial charge is 0.164 e. The fraction of sp³-hybridized carbons (Fsp3) is 0.350. The summed E-state index contributed by atoms with van der Waals surface area (Å²) in [4.78, 5) is 14.7. The summed E-state index contributed by atoms with van der Waals surface area (Å²) in [6, 6.07) is 18.3. The normalized spacial score (nSPS) is 15.6. The minimum atomic E-state index is 0.255. The Balaban J connectivity index is 1.59. The second kappa shape index (κ2) is 7.37. The van der Waals surface area contributed by atoms with E-state index in [0.717, 1.165) is 30.8 Å². The molecule has 0 bridgehead atoms. The van der Waals surface area contributed by atoms with Crippen LogP contribution in [0.1, 0.15) is 36.0 Å². The van der Waals surface area contributed by atoms with Crippen LogP contribution in [0.25, 0.3) is 11.1 Å². The highest BCUT2D eigenvalue weighted by atomic mass is 16.1. The van der Waals surface area contributed by atoms with Crippen molar-refractivity contribution in [1.29, 1.82) is 0 Å². The van der Waals surface area contributed by atoms with Crippen LogP contribution in [0.5, 0.6) is 0 Å².